The van der Waals surface area contributed by atoms with Gasteiger partial charge in [0.25, 0.3) is 5.91 Å². The number of halogens is 3. The molecule has 31 heavy (non-hydrogen) atoms. The Hall–Kier alpha value is -2.94. The maximum Gasteiger partial charge on any atom is 0.411 e. The first-order valence-corrected chi connectivity index (χ1v) is 9.82. The summed E-state index contributed by atoms with van der Waals surface area (Å²) in [4.78, 5) is 28.3. The Kier molecular flexibility index (Phi) is 8.56. The molecule has 1 atom stereocenters. The number of aliphatic imine (C=N–C) groups is 1. The van der Waals surface area contributed by atoms with Gasteiger partial charge in [0.05, 0.1) is 12.6 Å². The number of amides is 2. The van der Waals surface area contributed by atoms with E-state index in [1.54, 1.807) is 38.1 Å². The number of benzene rings is 1. The zero-order valence-corrected chi connectivity index (χ0v) is 17.5. The standard InChI is InChI=1S/C22H26F3N3O3/c1-4-16(11-19(26-3)28-21(30)18-9-10-18)14(2)27-20(29)17-7-5-15(6-8-17)12-31-13-22(23,24)25/h4-8,11,14,18H,3,9-10,12-13H2,1-2H3,(H,27,29)(H,28,30)/b16-4+,19-11+. The molecular formula is C22H26F3N3O3. The summed E-state index contributed by atoms with van der Waals surface area (Å²) in [5.41, 5.74) is 1.61. The highest BCUT2D eigenvalue weighted by Gasteiger charge is 2.30. The van der Waals surface area contributed by atoms with Crippen LogP contribution in [0.5, 0.6) is 0 Å². The molecule has 2 N–H and O–H groups in total. The van der Waals surface area contributed by atoms with Crippen molar-refractivity contribution in [3.05, 3.63) is 58.9 Å². The largest absolute Gasteiger partial charge is 0.411 e. The van der Waals surface area contributed by atoms with Crippen LogP contribution in [0.1, 0.15) is 42.6 Å². The molecule has 0 saturated heterocycles. The minimum Gasteiger partial charge on any atom is -0.367 e. The predicted molar refractivity (Wildman–Crippen MR) is 111 cm³/mol. The van der Waals surface area contributed by atoms with Gasteiger partial charge in [-0.15, -0.1) is 0 Å². The van der Waals surface area contributed by atoms with Gasteiger partial charge in [0.15, 0.2) is 0 Å². The van der Waals surface area contributed by atoms with Crippen molar-refractivity contribution < 1.29 is 27.5 Å². The molecule has 168 valence electrons. The van der Waals surface area contributed by atoms with Gasteiger partial charge in [0.1, 0.15) is 12.4 Å². The van der Waals surface area contributed by atoms with Crippen LogP contribution in [0.2, 0.25) is 0 Å². The normalized spacial score (nSPS) is 15.9. The topological polar surface area (TPSA) is 79.8 Å². The zero-order valence-electron chi connectivity index (χ0n) is 17.5. The number of allylic oxidation sites excluding steroid dienone is 1. The quantitative estimate of drug-likeness (QED) is 0.430. The first kappa shape index (κ1) is 24.3. The van der Waals surface area contributed by atoms with E-state index in [0.717, 1.165) is 18.4 Å². The summed E-state index contributed by atoms with van der Waals surface area (Å²) < 4.78 is 41.0. The molecule has 1 fully saturated rings. The molecule has 2 rings (SSSR count). The number of nitrogens with one attached hydrogen (secondary N) is 2. The molecular weight excluding hydrogens is 411 g/mol. The van der Waals surface area contributed by atoms with Gasteiger partial charge in [-0.05, 0) is 62.8 Å². The van der Waals surface area contributed by atoms with Crippen molar-refractivity contribution in [3.63, 3.8) is 0 Å². The van der Waals surface area contributed by atoms with Gasteiger partial charge in [0, 0.05) is 11.5 Å². The van der Waals surface area contributed by atoms with Gasteiger partial charge in [-0.1, -0.05) is 18.2 Å². The summed E-state index contributed by atoms with van der Waals surface area (Å²) >= 11 is 0. The van der Waals surface area contributed by atoms with Crippen LogP contribution in [0, 0.1) is 5.92 Å². The third-order valence-corrected chi connectivity index (χ3v) is 4.60. The van der Waals surface area contributed by atoms with Crippen LogP contribution in [-0.4, -0.2) is 37.4 Å². The Balaban J connectivity index is 1.93. The van der Waals surface area contributed by atoms with Gasteiger partial charge < -0.3 is 15.4 Å². The van der Waals surface area contributed by atoms with Crippen molar-refractivity contribution in [2.45, 2.75) is 45.5 Å². The molecule has 1 aliphatic rings. The van der Waals surface area contributed by atoms with Crippen LogP contribution in [0.3, 0.4) is 0 Å². The Morgan fingerprint density at radius 2 is 1.94 bits per heavy atom. The SMILES string of the molecule is C=N/C(=C\C(=C/C)C(C)NC(=O)c1ccc(COCC(F)(F)F)cc1)NC(=O)C1CC1. The number of ether oxygens (including phenoxy) is 1. The highest BCUT2D eigenvalue weighted by molar-refractivity contribution is 5.94. The second kappa shape index (κ2) is 10.9. The molecule has 0 aromatic heterocycles. The van der Waals surface area contributed by atoms with Crippen molar-refractivity contribution in [1.29, 1.82) is 0 Å². The van der Waals surface area contributed by atoms with Crippen LogP contribution >= 0.6 is 0 Å². The van der Waals surface area contributed by atoms with Gasteiger partial charge >= 0.3 is 6.18 Å². The van der Waals surface area contributed by atoms with Crippen LogP contribution in [0.15, 0.2) is 52.8 Å². The van der Waals surface area contributed by atoms with E-state index in [-0.39, 0.29) is 30.4 Å². The molecule has 1 unspecified atom stereocenters. The molecule has 1 aromatic carbocycles. The zero-order chi connectivity index (χ0) is 23.0. The number of rotatable bonds is 10. The lowest BCUT2D eigenvalue weighted by molar-refractivity contribution is -0.176. The highest BCUT2D eigenvalue weighted by atomic mass is 19.4. The molecule has 0 radical (unpaired) electrons. The third kappa shape index (κ3) is 8.37. The summed E-state index contributed by atoms with van der Waals surface area (Å²) in [6.07, 6.45) is 0.801. The fraction of sp³-hybridized carbons (Fsp3) is 0.409. The molecule has 1 aromatic rings. The number of nitrogens with zero attached hydrogens (tertiary/aromatic N) is 1. The summed E-state index contributed by atoms with van der Waals surface area (Å²) in [7, 11) is 0. The van der Waals surface area contributed by atoms with Crippen molar-refractivity contribution in [2.24, 2.45) is 10.9 Å². The maximum atomic E-state index is 12.5. The smallest absolute Gasteiger partial charge is 0.367 e. The number of carbonyl (C=O) groups is 2. The Morgan fingerprint density at radius 3 is 2.45 bits per heavy atom. The molecule has 0 bridgehead atoms. The molecule has 1 saturated carbocycles. The Labute approximate surface area is 179 Å². The predicted octanol–water partition coefficient (Wildman–Crippen LogP) is 3.90. The number of hydrogen-bond acceptors (Lipinski definition) is 4. The second-order valence-corrected chi connectivity index (χ2v) is 7.24. The van der Waals surface area contributed by atoms with Gasteiger partial charge in [-0.3, -0.25) is 9.59 Å². The molecule has 0 heterocycles. The van der Waals surface area contributed by atoms with E-state index in [4.69, 9.17) is 0 Å². The van der Waals surface area contributed by atoms with E-state index < -0.39 is 12.8 Å². The monoisotopic (exact) mass is 437 g/mol. The minimum absolute atomic E-state index is 0.0261. The fourth-order valence-corrected chi connectivity index (χ4v) is 2.71. The van der Waals surface area contributed by atoms with Crippen molar-refractivity contribution in [2.75, 3.05) is 6.61 Å². The third-order valence-electron chi connectivity index (χ3n) is 4.60. The van der Waals surface area contributed by atoms with Crippen LogP contribution in [0.25, 0.3) is 0 Å². The average Bonchev–Trinajstić information content (AvgIpc) is 3.55. The summed E-state index contributed by atoms with van der Waals surface area (Å²) in [5.74, 6) is -0.101. The second-order valence-electron chi connectivity index (χ2n) is 7.24. The highest BCUT2D eigenvalue weighted by Crippen LogP contribution is 2.29. The summed E-state index contributed by atoms with van der Waals surface area (Å²) in [5, 5.41) is 5.56. The van der Waals surface area contributed by atoms with Gasteiger partial charge in [-0.2, -0.15) is 13.2 Å². The minimum atomic E-state index is -4.38. The number of hydrogen-bond donors (Lipinski definition) is 2. The first-order valence-electron chi connectivity index (χ1n) is 9.82. The van der Waals surface area contributed by atoms with Crippen LogP contribution < -0.4 is 10.6 Å². The number of carbonyl (C=O) groups excluding carboxylic acids is 2. The molecule has 2 amide bonds. The lowest BCUT2D eigenvalue weighted by Crippen LogP contribution is -2.34. The van der Waals surface area contributed by atoms with Crippen LogP contribution in [0.4, 0.5) is 13.2 Å². The number of alkyl halides is 3. The van der Waals surface area contributed by atoms with Crippen molar-refractivity contribution >= 4 is 18.5 Å². The van der Waals surface area contributed by atoms with Crippen molar-refractivity contribution in [1.82, 2.24) is 10.6 Å². The maximum absolute atomic E-state index is 12.5. The molecule has 6 nitrogen and oxygen atoms in total. The van der Waals surface area contributed by atoms with E-state index in [1.807, 2.05) is 0 Å². The summed E-state index contributed by atoms with van der Waals surface area (Å²) in [6.45, 7) is 5.53. The molecule has 0 spiro atoms. The molecule has 0 aliphatic heterocycles. The first-order chi connectivity index (χ1) is 14.6. The van der Waals surface area contributed by atoms with E-state index in [2.05, 4.69) is 27.1 Å². The van der Waals surface area contributed by atoms with E-state index in [1.165, 1.54) is 12.1 Å². The average molecular weight is 437 g/mol. The summed E-state index contributed by atoms with van der Waals surface area (Å²) in [6, 6.07) is 5.74. The lowest BCUT2D eigenvalue weighted by atomic mass is 10.1. The Morgan fingerprint density at radius 1 is 1.29 bits per heavy atom. The van der Waals surface area contributed by atoms with E-state index in [9.17, 15) is 22.8 Å². The lowest BCUT2D eigenvalue weighted by Gasteiger charge is -2.16. The fourth-order valence-electron chi connectivity index (χ4n) is 2.71. The van der Waals surface area contributed by atoms with Gasteiger partial charge in [-0.25, -0.2) is 4.99 Å². The van der Waals surface area contributed by atoms with Gasteiger partial charge in [0.2, 0.25) is 5.91 Å². The van der Waals surface area contributed by atoms with E-state index >= 15 is 0 Å². The Bertz CT molecular complexity index is 857. The van der Waals surface area contributed by atoms with E-state index in [0.29, 0.717) is 16.9 Å². The molecule has 1 aliphatic carbocycles. The van der Waals surface area contributed by atoms with Crippen molar-refractivity contribution in [3.8, 4) is 0 Å². The van der Waals surface area contributed by atoms with Crippen LogP contribution in [-0.2, 0) is 16.1 Å². The molecule has 9 heteroatoms.